The van der Waals surface area contributed by atoms with Crippen molar-refractivity contribution in [1.29, 1.82) is 0 Å². The molecule has 8 nitrogen and oxygen atoms in total. The molecule has 0 aliphatic heterocycles. The van der Waals surface area contributed by atoms with E-state index in [0.717, 1.165) is 6.07 Å². The lowest BCUT2D eigenvalue weighted by Gasteiger charge is -2.09. The minimum absolute atomic E-state index is 0.0515. The summed E-state index contributed by atoms with van der Waals surface area (Å²) in [7, 11) is 0. The van der Waals surface area contributed by atoms with Crippen LogP contribution in [0.5, 0.6) is 11.5 Å². The first-order chi connectivity index (χ1) is 13.5. The Bertz CT molecular complexity index is 1020. The summed E-state index contributed by atoms with van der Waals surface area (Å²) < 4.78 is 5.67. The first-order valence-electron chi connectivity index (χ1n) is 8.21. The van der Waals surface area contributed by atoms with Gasteiger partial charge in [-0.25, -0.2) is 0 Å². The monoisotopic (exact) mass is 377 g/mol. The lowest BCUT2D eigenvalue weighted by Crippen LogP contribution is -2.41. The van der Waals surface area contributed by atoms with E-state index in [4.69, 9.17) is 4.74 Å². The molecule has 0 spiro atoms. The summed E-state index contributed by atoms with van der Waals surface area (Å²) in [6, 6.07) is 20.7. The molecule has 8 heteroatoms. The fourth-order valence-corrected chi connectivity index (χ4v) is 2.34. The molecule has 0 aliphatic carbocycles. The molecule has 0 radical (unpaired) electrons. The summed E-state index contributed by atoms with van der Waals surface area (Å²) in [5, 5.41) is 10.8. The molecule has 0 saturated carbocycles. The third-order valence-corrected chi connectivity index (χ3v) is 3.68. The molecule has 3 aromatic carbocycles. The van der Waals surface area contributed by atoms with E-state index in [0.29, 0.717) is 11.5 Å². The Hall–Kier alpha value is -4.20. The number of nitrogens with one attached hydrogen (secondary N) is 2. The van der Waals surface area contributed by atoms with Crippen LogP contribution in [0.2, 0.25) is 0 Å². The van der Waals surface area contributed by atoms with Crippen molar-refractivity contribution in [2.24, 2.45) is 0 Å². The molecule has 2 amide bonds. The lowest BCUT2D eigenvalue weighted by atomic mass is 10.2. The van der Waals surface area contributed by atoms with E-state index in [9.17, 15) is 19.7 Å². The topological polar surface area (TPSA) is 111 Å². The highest BCUT2D eigenvalue weighted by Crippen LogP contribution is 2.21. The van der Waals surface area contributed by atoms with Crippen LogP contribution >= 0.6 is 0 Å². The molecular weight excluding hydrogens is 362 g/mol. The van der Waals surface area contributed by atoms with Gasteiger partial charge in [0.2, 0.25) is 0 Å². The number of benzene rings is 3. The van der Waals surface area contributed by atoms with Gasteiger partial charge in [0.15, 0.2) is 0 Å². The third kappa shape index (κ3) is 4.70. The van der Waals surface area contributed by atoms with Gasteiger partial charge in [-0.05, 0) is 36.4 Å². The zero-order valence-corrected chi connectivity index (χ0v) is 14.5. The smallest absolute Gasteiger partial charge is 0.270 e. The van der Waals surface area contributed by atoms with Crippen LogP contribution in [0.25, 0.3) is 0 Å². The van der Waals surface area contributed by atoms with Crippen molar-refractivity contribution in [1.82, 2.24) is 10.9 Å². The number of carbonyl (C=O) groups excluding carboxylic acids is 2. The van der Waals surface area contributed by atoms with Crippen LogP contribution in [0.3, 0.4) is 0 Å². The molecular formula is C20H15N3O5. The summed E-state index contributed by atoms with van der Waals surface area (Å²) in [5.74, 6) is -0.145. The molecule has 0 fully saturated rings. The largest absolute Gasteiger partial charge is 0.457 e. The van der Waals surface area contributed by atoms with E-state index in [1.54, 1.807) is 30.3 Å². The first kappa shape index (κ1) is 18.6. The summed E-state index contributed by atoms with van der Waals surface area (Å²) in [6.07, 6.45) is 0. The van der Waals surface area contributed by atoms with Crippen molar-refractivity contribution in [3.8, 4) is 11.5 Å². The fourth-order valence-electron chi connectivity index (χ4n) is 2.34. The highest BCUT2D eigenvalue weighted by atomic mass is 16.6. The van der Waals surface area contributed by atoms with Gasteiger partial charge in [-0.1, -0.05) is 30.3 Å². The Kier molecular flexibility index (Phi) is 5.61. The normalized spacial score (nSPS) is 10.0. The van der Waals surface area contributed by atoms with Gasteiger partial charge in [-0.15, -0.1) is 0 Å². The average Bonchev–Trinajstić information content (AvgIpc) is 2.72. The molecule has 28 heavy (non-hydrogen) atoms. The SMILES string of the molecule is O=C(NNC(=O)c1cccc([N+](=O)[O-])c1)c1cccc(Oc2ccccc2)c1. The highest BCUT2D eigenvalue weighted by Gasteiger charge is 2.13. The minimum Gasteiger partial charge on any atom is -0.457 e. The number of para-hydroxylation sites is 1. The fraction of sp³-hybridized carbons (Fsp3) is 0. The predicted octanol–water partition coefficient (Wildman–Crippen LogP) is 3.46. The number of carbonyl (C=O) groups is 2. The number of ether oxygens (including phenoxy) is 1. The standard InChI is InChI=1S/C20H15N3O5/c24-19(14-6-4-8-16(12-14)23(26)27)21-22-20(25)15-7-5-11-18(13-15)28-17-9-2-1-3-10-17/h1-13H,(H,21,24)(H,22,25). The van der Waals surface area contributed by atoms with Crippen molar-refractivity contribution < 1.29 is 19.2 Å². The number of nitro benzene ring substituents is 1. The second kappa shape index (κ2) is 8.45. The zero-order chi connectivity index (χ0) is 19.9. The average molecular weight is 377 g/mol. The van der Waals surface area contributed by atoms with Crippen molar-refractivity contribution in [2.45, 2.75) is 0 Å². The van der Waals surface area contributed by atoms with Gasteiger partial charge in [-0.3, -0.25) is 30.6 Å². The molecule has 2 N–H and O–H groups in total. The van der Waals surface area contributed by atoms with Crippen LogP contribution in [0, 0.1) is 10.1 Å². The molecule has 0 atom stereocenters. The van der Waals surface area contributed by atoms with E-state index in [2.05, 4.69) is 10.9 Å². The van der Waals surface area contributed by atoms with Crippen molar-refractivity contribution in [3.63, 3.8) is 0 Å². The summed E-state index contributed by atoms with van der Waals surface area (Å²) in [4.78, 5) is 34.5. The van der Waals surface area contributed by atoms with E-state index in [1.807, 2.05) is 18.2 Å². The van der Waals surface area contributed by atoms with E-state index in [1.165, 1.54) is 24.3 Å². The Morgan fingerprint density at radius 3 is 1.96 bits per heavy atom. The molecule has 140 valence electrons. The number of hydrazine groups is 1. The maximum Gasteiger partial charge on any atom is 0.270 e. The highest BCUT2D eigenvalue weighted by molar-refractivity contribution is 5.99. The van der Waals surface area contributed by atoms with Crippen LogP contribution in [0.1, 0.15) is 20.7 Å². The summed E-state index contributed by atoms with van der Waals surface area (Å²) in [6.45, 7) is 0. The van der Waals surface area contributed by atoms with Crippen LogP contribution in [0.4, 0.5) is 5.69 Å². The summed E-state index contributed by atoms with van der Waals surface area (Å²) in [5.41, 5.74) is 4.61. The molecule has 0 unspecified atom stereocenters. The number of amides is 2. The Morgan fingerprint density at radius 1 is 0.750 bits per heavy atom. The van der Waals surface area contributed by atoms with Crippen molar-refractivity contribution in [2.75, 3.05) is 0 Å². The van der Waals surface area contributed by atoms with Crippen LogP contribution < -0.4 is 15.6 Å². The first-order valence-corrected chi connectivity index (χ1v) is 8.21. The van der Waals surface area contributed by atoms with E-state index >= 15 is 0 Å². The molecule has 0 saturated heterocycles. The van der Waals surface area contributed by atoms with Crippen LogP contribution in [-0.2, 0) is 0 Å². The van der Waals surface area contributed by atoms with Gasteiger partial charge in [0, 0.05) is 23.3 Å². The number of non-ortho nitro benzene ring substituents is 1. The number of hydrogen-bond donors (Lipinski definition) is 2. The quantitative estimate of drug-likeness (QED) is 0.522. The van der Waals surface area contributed by atoms with Crippen LogP contribution in [0.15, 0.2) is 78.9 Å². The summed E-state index contributed by atoms with van der Waals surface area (Å²) >= 11 is 0. The predicted molar refractivity (Wildman–Crippen MR) is 101 cm³/mol. The van der Waals surface area contributed by atoms with Crippen molar-refractivity contribution in [3.05, 3.63) is 100 Å². The second-order valence-corrected chi connectivity index (χ2v) is 5.66. The number of rotatable bonds is 5. The molecule has 0 aromatic heterocycles. The van der Waals surface area contributed by atoms with Gasteiger partial charge in [0.1, 0.15) is 11.5 Å². The van der Waals surface area contributed by atoms with Gasteiger partial charge in [-0.2, -0.15) is 0 Å². The van der Waals surface area contributed by atoms with E-state index in [-0.39, 0.29) is 16.8 Å². The van der Waals surface area contributed by atoms with Gasteiger partial charge < -0.3 is 4.74 Å². The maximum atomic E-state index is 12.3. The molecule has 0 aliphatic rings. The zero-order valence-electron chi connectivity index (χ0n) is 14.5. The number of nitrogens with zero attached hydrogens (tertiary/aromatic N) is 1. The van der Waals surface area contributed by atoms with Crippen molar-refractivity contribution >= 4 is 17.5 Å². The van der Waals surface area contributed by atoms with Crippen LogP contribution in [-0.4, -0.2) is 16.7 Å². The second-order valence-electron chi connectivity index (χ2n) is 5.66. The lowest BCUT2D eigenvalue weighted by molar-refractivity contribution is -0.384. The van der Waals surface area contributed by atoms with Gasteiger partial charge >= 0.3 is 0 Å². The minimum atomic E-state index is -0.672. The maximum absolute atomic E-state index is 12.3. The molecule has 0 heterocycles. The Balaban J connectivity index is 1.63. The third-order valence-electron chi connectivity index (χ3n) is 3.68. The molecule has 3 aromatic rings. The van der Waals surface area contributed by atoms with E-state index < -0.39 is 16.7 Å². The number of hydrogen-bond acceptors (Lipinski definition) is 5. The Labute approximate surface area is 159 Å². The molecule has 0 bridgehead atoms. The van der Waals surface area contributed by atoms with Gasteiger partial charge in [0.05, 0.1) is 4.92 Å². The molecule has 3 rings (SSSR count). The Morgan fingerprint density at radius 2 is 1.32 bits per heavy atom. The number of nitro groups is 1. The van der Waals surface area contributed by atoms with Gasteiger partial charge in [0.25, 0.3) is 17.5 Å².